The maximum absolute atomic E-state index is 13.9. The Morgan fingerprint density at radius 1 is 0.941 bits per heavy atom. The van der Waals surface area contributed by atoms with Crippen LogP contribution in [0.25, 0.3) is 0 Å². The van der Waals surface area contributed by atoms with Crippen LogP contribution in [0.3, 0.4) is 0 Å². The highest BCUT2D eigenvalue weighted by atomic mass is 32.2. The van der Waals surface area contributed by atoms with Gasteiger partial charge in [-0.1, -0.05) is 72.3 Å². The Hall–Kier alpha value is -3.42. The largest absolute Gasteiger partial charge is 0.466 e. The number of carbonyl (C=O) groups is 1. The van der Waals surface area contributed by atoms with E-state index in [2.05, 4.69) is 6.07 Å². The molecule has 0 unspecified atom stereocenters. The molecule has 174 valence electrons. The van der Waals surface area contributed by atoms with Crippen molar-refractivity contribution >= 4 is 16.0 Å². The normalized spacial score (nSPS) is 20.2. The fraction of sp³-hybridized carbons (Fsp3) is 0.222. The number of hydrogen-bond donors (Lipinski definition) is 0. The molecule has 3 aromatic rings. The second-order valence-electron chi connectivity index (χ2n) is 8.61. The lowest BCUT2D eigenvalue weighted by atomic mass is 9.77. The molecule has 0 spiro atoms. The number of benzene rings is 3. The first kappa shape index (κ1) is 22.4. The number of methoxy groups -OCH3 is 1. The van der Waals surface area contributed by atoms with E-state index in [0.29, 0.717) is 18.5 Å². The molecule has 5 rings (SSSR count). The number of hydrogen-bond acceptors (Lipinski definition) is 5. The quantitative estimate of drug-likeness (QED) is 0.526. The molecule has 7 heteroatoms. The van der Waals surface area contributed by atoms with Crippen LogP contribution >= 0.6 is 0 Å². The standard InChI is InChI=1S/C27H26N2O4S/c1-19-12-14-22(15-13-19)34(31,32)29-18-24(27(30)33-2)25(21-9-4-3-5-10-21)26-23-11-7-6-8-20(23)16-17-28(26)29/h3-15,18,25-26H,16-17H2,1-2H3/t25-,26+/m1/s1. The van der Waals surface area contributed by atoms with Gasteiger partial charge in [-0.05, 0) is 42.2 Å². The van der Waals surface area contributed by atoms with Crippen molar-refractivity contribution in [1.82, 2.24) is 9.42 Å². The van der Waals surface area contributed by atoms with Crippen LogP contribution < -0.4 is 0 Å². The lowest BCUT2D eigenvalue weighted by Gasteiger charge is -2.49. The summed E-state index contributed by atoms with van der Waals surface area (Å²) in [7, 11) is -2.63. The molecule has 0 saturated carbocycles. The van der Waals surface area contributed by atoms with E-state index in [1.807, 2.05) is 60.5 Å². The lowest BCUT2D eigenvalue weighted by molar-refractivity contribution is -0.137. The third-order valence-electron chi connectivity index (χ3n) is 6.60. The van der Waals surface area contributed by atoms with Crippen LogP contribution in [0.5, 0.6) is 0 Å². The summed E-state index contributed by atoms with van der Waals surface area (Å²) in [5, 5.41) is 1.88. The molecular weight excluding hydrogens is 448 g/mol. The Morgan fingerprint density at radius 2 is 1.62 bits per heavy atom. The Bertz CT molecular complexity index is 1350. The number of sulfonamides is 1. The van der Waals surface area contributed by atoms with E-state index in [-0.39, 0.29) is 16.9 Å². The molecule has 6 nitrogen and oxygen atoms in total. The molecule has 2 aliphatic heterocycles. The molecule has 0 radical (unpaired) electrons. The van der Waals surface area contributed by atoms with E-state index in [1.165, 1.54) is 17.7 Å². The SMILES string of the molecule is COC(=O)C1=CN(S(=O)(=O)c2ccc(C)cc2)N2CCc3ccccc3[C@H]2[C@@H]1c1ccccc1. The highest BCUT2D eigenvalue weighted by Crippen LogP contribution is 2.49. The lowest BCUT2D eigenvalue weighted by Crippen LogP contribution is -2.53. The number of nitrogens with zero attached hydrogens (tertiary/aromatic N) is 2. The molecule has 0 saturated heterocycles. The van der Waals surface area contributed by atoms with E-state index in [9.17, 15) is 13.2 Å². The molecule has 0 aromatic heterocycles. The van der Waals surface area contributed by atoms with Gasteiger partial charge in [-0.25, -0.2) is 9.21 Å². The Labute approximate surface area is 200 Å². The van der Waals surface area contributed by atoms with Gasteiger partial charge in [0.2, 0.25) is 0 Å². The van der Waals surface area contributed by atoms with Crippen molar-refractivity contribution in [2.75, 3.05) is 13.7 Å². The molecule has 0 fully saturated rings. The first-order chi connectivity index (χ1) is 16.4. The first-order valence-electron chi connectivity index (χ1n) is 11.2. The minimum Gasteiger partial charge on any atom is -0.466 e. The summed E-state index contributed by atoms with van der Waals surface area (Å²) in [5.41, 5.74) is 4.38. The predicted octanol–water partition coefficient (Wildman–Crippen LogP) is 4.35. The number of rotatable bonds is 4. The number of esters is 1. The number of carbonyl (C=O) groups excluding carboxylic acids is 1. The van der Waals surface area contributed by atoms with Crippen LogP contribution in [0.15, 0.2) is 95.5 Å². The maximum atomic E-state index is 13.9. The molecule has 0 aliphatic carbocycles. The number of hydrazine groups is 1. The van der Waals surface area contributed by atoms with Gasteiger partial charge in [0.15, 0.2) is 0 Å². The molecule has 34 heavy (non-hydrogen) atoms. The van der Waals surface area contributed by atoms with Crippen molar-refractivity contribution in [2.24, 2.45) is 0 Å². The Morgan fingerprint density at radius 3 is 2.32 bits per heavy atom. The number of fused-ring (bicyclic) bond motifs is 3. The van der Waals surface area contributed by atoms with Crippen molar-refractivity contribution < 1.29 is 17.9 Å². The molecule has 0 bridgehead atoms. The summed E-state index contributed by atoms with van der Waals surface area (Å²) < 4.78 is 34.1. The third-order valence-corrected chi connectivity index (χ3v) is 8.28. The molecule has 2 heterocycles. The van der Waals surface area contributed by atoms with Crippen LogP contribution in [0.2, 0.25) is 0 Å². The van der Waals surface area contributed by atoms with Gasteiger partial charge in [-0.15, -0.1) is 0 Å². The van der Waals surface area contributed by atoms with Gasteiger partial charge in [0.25, 0.3) is 10.0 Å². The van der Waals surface area contributed by atoms with E-state index < -0.39 is 16.0 Å². The molecular formula is C27H26N2O4S. The van der Waals surface area contributed by atoms with E-state index in [1.54, 1.807) is 24.3 Å². The average molecular weight is 475 g/mol. The summed E-state index contributed by atoms with van der Waals surface area (Å²) in [4.78, 5) is 13.2. The first-order valence-corrected chi connectivity index (χ1v) is 12.7. The summed E-state index contributed by atoms with van der Waals surface area (Å²) in [6, 6.07) is 24.2. The summed E-state index contributed by atoms with van der Waals surface area (Å²) in [5.74, 6) is -0.930. The van der Waals surface area contributed by atoms with Crippen molar-refractivity contribution in [3.05, 3.63) is 113 Å². The van der Waals surface area contributed by atoms with Gasteiger partial charge in [0, 0.05) is 18.7 Å². The molecule has 2 aliphatic rings. The minimum atomic E-state index is -3.96. The van der Waals surface area contributed by atoms with E-state index in [0.717, 1.165) is 22.3 Å². The summed E-state index contributed by atoms with van der Waals surface area (Å²) in [6.45, 7) is 2.41. The van der Waals surface area contributed by atoms with Crippen LogP contribution in [0.1, 0.15) is 34.2 Å². The highest BCUT2D eigenvalue weighted by molar-refractivity contribution is 7.89. The minimum absolute atomic E-state index is 0.175. The maximum Gasteiger partial charge on any atom is 0.336 e. The second kappa shape index (κ2) is 8.74. The fourth-order valence-electron chi connectivity index (χ4n) is 4.95. The molecule has 0 amide bonds. The van der Waals surface area contributed by atoms with Crippen LogP contribution in [0.4, 0.5) is 0 Å². The molecule has 3 aromatic carbocycles. The van der Waals surface area contributed by atoms with Crippen LogP contribution in [-0.4, -0.2) is 37.5 Å². The van der Waals surface area contributed by atoms with Gasteiger partial charge >= 0.3 is 5.97 Å². The highest BCUT2D eigenvalue weighted by Gasteiger charge is 2.47. The number of ether oxygens (including phenoxy) is 1. The smallest absolute Gasteiger partial charge is 0.336 e. The van der Waals surface area contributed by atoms with Crippen molar-refractivity contribution in [3.63, 3.8) is 0 Å². The zero-order chi connectivity index (χ0) is 23.9. The van der Waals surface area contributed by atoms with Crippen molar-refractivity contribution in [1.29, 1.82) is 0 Å². The van der Waals surface area contributed by atoms with Gasteiger partial charge in [-0.3, -0.25) is 0 Å². The summed E-state index contributed by atoms with van der Waals surface area (Å²) in [6.07, 6.45) is 2.15. The third kappa shape index (κ3) is 3.71. The fourth-order valence-corrected chi connectivity index (χ4v) is 6.35. The van der Waals surface area contributed by atoms with E-state index in [4.69, 9.17) is 4.74 Å². The van der Waals surface area contributed by atoms with Crippen molar-refractivity contribution in [3.8, 4) is 0 Å². The van der Waals surface area contributed by atoms with Crippen molar-refractivity contribution in [2.45, 2.75) is 30.2 Å². The Balaban J connectivity index is 1.75. The molecule has 0 N–H and O–H groups in total. The van der Waals surface area contributed by atoms with E-state index >= 15 is 0 Å². The second-order valence-corrected chi connectivity index (χ2v) is 10.4. The summed E-state index contributed by atoms with van der Waals surface area (Å²) >= 11 is 0. The predicted molar refractivity (Wildman–Crippen MR) is 129 cm³/mol. The topological polar surface area (TPSA) is 66.9 Å². The zero-order valence-electron chi connectivity index (χ0n) is 19.1. The molecule has 2 atom stereocenters. The van der Waals surface area contributed by atoms with Crippen LogP contribution in [-0.2, 0) is 26.0 Å². The van der Waals surface area contributed by atoms with Crippen LogP contribution in [0, 0.1) is 6.92 Å². The number of aryl methyl sites for hydroxylation is 1. The van der Waals surface area contributed by atoms with Gasteiger partial charge in [0.05, 0.1) is 23.6 Å². The van der Waals surface area contributed by atoms with Gasteiger partial charge in [-0.2, -0.15) is 13.4 Å². The zero-order valence-corrected chi connectivity index (χ0v) is 19.9. The average Bonchev–Trinajstić information content (AvgIpc) is 2.87. The monoisotopic (exact) mass is 474 g/mol. The Kier molecular flexibility index (Phi) is 5.75. The van der Waals surface area contributed by atoms with Gasteiger partial charge < -0.3 is 4.74 Å². The van der Waals surface area contributed by atoms with Gasteiger partial charge in [0.1, 0.15) is 0 Å².